The first-order valence-electron chi connectivity index (χ1n) is 8.00. The van der Waals surface area contributed by atoms with E-state index < -0.39 is 0 Å². The minimum absolute atomic E-state index is 0.114. The van der Waals surface area contributed by atoms with Gasteiger partial charge in [0.1, 0.15) is 0 Å². The number of aryl methyl sites for hydroxylation is 2. The van der Waals surface area contributed by atoms with E-state index in [0.29, 0.717) is 6.42 Å². The van der Waals surface area contributed by atoms with Gasteiger partial charge >= 0.3 is 0 Å². The first-order valence-corrected chi connectivity index (χ1v) is 8.00. The molecule has 0 fully saturated rings. The molecule has 22 heavy (non-hydrogen) atoms. The number of fused-ring (bicyclic) bond motifs is 1. The Labute approximate surface area is 131 Å². The van der Waals surface area contributed by atoms with E-state index >= 15 is 0 Å². The van der Waals surface area contributed by atoms with Crippen molar-refractivity contribution in [3.8, 4) is 0 Å². The zero-order chi connectivity index (χ0) is 15.4. The molecule has 1 heterocycles. The van der Waals surface area contributed by atoms with Crippen LogP contribution in [0.15, 0.2) is 42.7 Å². The predicted molar refractivity (Wildman–Crippen MR) is 86.5 cm³/mol. The Hall–Kier alpha value is -2.10. The maximum absolute atomic E-state index is 12.2. The van der Waals surface area contributed by atoms with Gasteiger partial charge in [0.25, 0.3) is 0 Å². The number of carbonyl (C=O) groups is 1. The van der Waals surface area contributed by atoms with Gasteiger partial charge in [-0.25, -0.2) is 0 Å². The van der Waals surface area contributed by atoms with Crippen LogP contribution >= 0.6 is 0 Å². The molecule has 1 aromatic heterocycles. The quantitative estimate of drug-likeness (QED) is 0.922. The Kier molecular flexibility index (Phi) is 4.27. The second kappa shape index (κ2) is 6.34. The van der Waals surface area contributed by atoms with E-state index in [1.165, 1.54) is 11.1 Å². The lowest BCUT2D eigenvalue weighted by molar-refractivity contribution is -0.123. The highest BCUT2D eigenvalue weighted by molar-refractivity contribution is 5.76. The van der Waals surface area contributed by atoms with Crippen LogP contribution in [0, 0.1) is 0 Å². The smallest absolute Gasteiger partial charge is 0.220 e. The van der Waals surface area contributed by atoms with Gasteiger partial charge in [-0.3, -0.25) is 9.48 Å². The van der Waals surface area contributed by atoms with Crippen molar-refractivity contribution >= 4 is 5.91 Å². The molecule has 1 aliphatic carbocycles. The normalized spacial score (nSPS) is 20.4. The number of nitrogens with zero attached hydrogens (tertiary/aromatic N) is 2. The number of nitrogens with one attached hydrogen (secondary N) is 1. The molecule has 0 spiro atoms. The second-order valence-electron chi connectivity index (χ2n) is 6.43. The number of hydrogen-bond acceptors (Lipinski definition) is 2. The summed E-state index contributed by atoms with van der Waals surface area (Å²) in [6.07, 6.45) is 8.04. The van der Waals surface area contributed by atoms with Crippen molar-refractivity contribution in [1.82, 2.24) is 15.1 Å². The van der Waals surface area contributed by atoms with Crippen molar-refractivity contribution < 1.29 is 4.79 Å². The van der Waals surface area contributed by atoms with E-state index in [-0.39, 0.29) is 11.4 Å². The lowest BCUT2D eigenvalue weighted by Crippen LogP contribution is -2.49. The summed E-state index contributed by atoms with van der Waals surface area (Å²) in [5.41, 5.74) is 2.68. The summed E-state index contributed by atoms with van der Waals surface area (Å²) in [5.74, 6) is 0.147. The van der Waals surface area contributed by atoms with Gasteiger partial charge in [0.15, 0.2) is 0 Å². The number of rotatable bonds is 5. The number of aromatic nitrogens is 2. The molecule has 0 radical (unpaired) electrons. The summed E-state index contributed by atoms with van der Waals surface area (Å²) in [6.45, 7) is 2.95. The highest BCUT2D eigenvalue weighted by Gasteiger charge is 2.30. The summed E-state index contributed by atoms with van der Waals surface area (Å²) in [5, 5.41) is 7.40. The Balaban J connectivity index is 1.51. The van der Waals surface area contributed by atoms with E-state index in [2.05, 4.69) is 41.6 Å². The highest BCUT2D eigenvalue weighted by Crippen LogP contribution is 2.28. The molecule has 1 N–H and O–H groups in total. The number of amides is 1. The Morgan fingerprint density at radius 3 is 2.91 bits per heavy atom. The molecule has 0 saturated heterocycles. The van der Waals surface area contributed by atoms with E-state index in [1.807, 2.05) is 16.9 Å². The third-order valence-corrected chi connectivity index (χ3v) is 4.44. The Morgan fingerprint density at radius 1 is 1.32 bits per heavy atom. The van der Waals surface area contributed by atoms with Crippen LogP contribution in [0.3, 0.4) is 0 Å². The van der Waals surface area contributed by atoms with Crippen LogP contribution in [0.2, 0.25) is 0 Å². The predicted octanol–water partition coefficient (Wildman–Crippen LogP) is 2.73. The summed E-state index contributed by atoms with van der Waals surface area (Å²) >= 11 is 0. The topological polar surface area (TPSA) is 46.9 Å². The molecule has 1 atom stereocenters. The second-order valence-corrected chi connectivity index (χ2v) is 6.43. The van der Waals surface area contributed by atoms with Crippen molar-refractivity contribution in [3.63, 3.8) is 0 Å². The van der Waals surface area contributed by atoms with Crippen molar-refractivity contribution in [2.24, 2.45) is 0 Å². The molecule has 4 heteroatoms. The Morgan fingerprint density at radius 2 is 2.14 bits per heavy atom. The zero-order valence-corrected chi connectivity index (χ0v) is 13.1. The average Bonchev–Trinajstić information content (AvgIpc) is 3.00. The standard InChI is InChI=1S/C18H23N3O/c1-18(10-9-15-6-2-3-7-16(15)14-18)20-17(22)8-4-12-21-13-5-11-19-21/h2-3,5-7,11,13H,4,8-10,12,14H2,1H3,(H,20,22)/t18-/m1/s1. The van der Waals surface area contributed by atoms with Gasteiger partial charge in [-0.05, 0) is 49.8 Å². The molecule has 1 amide bonds. The molecule has 116 valence electrons. The number of carbonyl (C=O) groups excluding carboxylic acids is 1. The fraction of sp³-hybridized carbons (Fsp3) is 0.444. The first-order chi connectivity index (χ1) is 10.6. The third kappa shape index (κ3) is 3.56. The molecule has 0 aliphatic heterocycles. The van der Waals surface area contributed by atoms with E-state index in [0.717, 1.165) is 32.2 Å². The largest absolute Gasteiger partial charge is 0.351 e. The minimum Gasteiger partial charge on any atom is -0.351 e. The van der Waals surface area contributed by atoms with Crippen molar-refractivity contribution in [3.05, 3.63) is 53.9 Å². The molecule has 3 rings (SSSR count). The van der Waals surface area contributed by atoms with Gasteiger partial charge in [-0.1, -0.05) is 24.3 Å². The molecule has 1 aliphatic rings. The molecule has 4 nitrogen and oxygen atoms in total. The maximum atomic E-state index is 12.2. The molecule has 0 unspecified atom stereocenters. The van der Waals surface area contributed by atoms with Crippen LogP contribution in [0.1, 0.15) is 37.3 Å². The average molecular weight is 297 g/mol. The van der Waals surface area contributed by atoms with Gasteiger partial charge < -0.3 is 5.32 Å². The maximum Gasteiger partial charge on any atom is 0.220 e. The van der Waals surface area contributed by atoms with Gasteiger partial charge in [-0.2, -0.15) is 5.10 Å². The van der Waals surface area contributed by atoms with Crippen molar-refractivity contribution in [2.75, 3.05) is 0 Å². The molecule has 0 bridgehead atoms. The number of hydrogen-bond donors (Lipinski definition) is 1. The fourth-order valence-corrected chi connectivity index (χ4v) is 3.23. The third-order valence-electron chi connectivity index (χ3n) is 4.44. The van der Waals surface area contributed by atoms with Crippen molar-refractivity contribution in [1.29, 1.82) is 0 Å². The van der Waals surface area contributed by atoms with Crippen LogP contribution in [-0.2, 0) is 24.2 Å². The monoisotopic (exact) mass is 297 g/mol. The first kappa shape index (κ1) is 14.8. The number of benzene rings is 1. The van der Waals surface area contributed by atoms with Crippen LogP contribution < -0.4 is 5.32 Å². The molecule has 0 saturated carbocycles. The van der Waals surface area contributed by atoms with Crippen LogP contribution in [0.5, 0.6) is 0 Å². The molecule has 2 aromatic rings. The summed E-state index contributed by atoms with van der Waals surface area (Å²) in [4.78, 5) is 12.2. The minimum atomic E-state index is -0.114. The molecular formula is C18H23N3O. The van der Waals surface area contributed by atoms with Crippen LogP contribution in [0.4, 0.5) is 0 Å². The highest BCUT2D eigenvalue weighted by atomic mass is 16.1. The van der Waals surface area contributed by atoms with E-state index in [1.54, 1.807) is 6.20 Å². The Bertz CT molecular complexity index is 636. The van der Waals surface area contributed by atoms with Gasteiger partial charge in [0.05, 0.1) is 0 Å². The van der Waals surface area contributed by atoms with Gasteiger partial charge in [0, 0.05) is 30.9 Å². The summed E-state index contributed by atoms with van der Waals surface area (Å²) in [7, 11) is 0. The van der Waals surface area contributed by atoms with Crippen LogP contribution in [-0.4, -0.2) is 21.2 Å². The SMILES string of the molecule is C[C@@]1(NC(=O)CCCn2cccn2)CCc2ccccc2C1. The lowest BCUT2D eigenvalue weighted by Gasteiger charge is -2.36. The van der Waals surface area contributed by atoms with E-state index in [9.17, 15) is 4.79 Å². The zero-order valence-electron chi connectivity index (χ0n) is 13.1. The summed E-state index contributed by atoms with van der Waals surface area (Å²) < 4.78 is 1.87. The van der Waals surface area contributed by atoms with Gasteiger partial charge in [-0.15, -0.1) is 0 Å². The van der Waals surface area contributed by atoms with E-state index in [4.69, 9.17) is 0 Å². The molecule has 1 aromatic carbocycles. The van der Waals surface area contributed by atoms with Crippen LogP contribution in [0.25, 0.3) is 0 Å². The molecular weight excluding hydrogens is 274 g/mol. The lowest BCUT2D eigenvalue weighted by atomic mass is 9.79. The van der Waals surface area contributed by atoms with Gasteiger partial charge in [0.2, 0.25) is 5.91 Å². The van der Waals surface area contributed by atoms with Crippen molar-refractivity contribution in [2.45, 2.75) is 51.1 Å². The summed E-state index contributed by atoms with van der Waals surface area (Å²) in [6, 6.07) is 10.4. The fourth-order valence-electron chi connectivity index (χ4n) is 3.23.